The molecule has 0 saturated carbocycles. The highest BCUT2D eigenvalue weighted by molar-refractivity contribution is 5.83. The third-order valence-electron chi connectivity index (χ3n) is 2.12. The van der Waals surface area contributed by atoms with E-state index in [1.54, 1.807) is 6.07 Å². The van der Waals surface area contributed by atoms with Crippen molar-refractivity contribution in [2.24, 2.45) is 0 Å². The van der Waals surface area contributed by atoms with Gasteiger partial charge in [0.05, 0.1) is 0 Å². The molecule has 1 aromatic carbocycles. The number of halogens is 1. The minimum atomic E-state index is -0.134. The zero-order valence-corrected chi connectivity index (χ0v) is 10.9. The summed E-state index contributed by atoms with van der Waals surface area (Å²) in [5.74, 6) is -0.134. The molecule has 0 unspecified atom stereocenters. The Labute approximate surface area is 97.7 Å². The second-order valence-corrected chi connectivity index (χ2v) is 2.83. The van der Waals surface area contributed by atoms with Gasteiger partial charge in [-0.05, 0) is 24.1 Å². The van der Waals surface area contributed by atoms with E-state index in [1.807, 2.05) is 46.9 Å². The Bertz CT molecular complexity index is 404. The molecule has 0 fully saturated rings. The minimum absolute atomic E-state index is 0.134. The van der Waals surface area contributed by atoms with Crippen LogP contribution in [0.3, 0.4) is 0 Å². The van der Waals surface area contributed by atoms with Gasteiger partial charge in [0, 0.05) is 17.1 Å². The molecule has 2 rings (SSSR count). The molecule has 0 aliphatic heterocycles. The second kappa shape index (κ2) is 7.91. The summed E-state index contributed by atoms with van der Waals surface area (Å²) >= 11 is 0. The number of hydrogen-bond donors (Lipinski definition) is 1. The lowest BCUT2D eigenvalue weighted by Gasteiger charge is -1.94. The standard InChI is InChI=1S/C10H10FN.2C2H6/c1-2-7-6-12-9-5-3-4-8(11)10(7)9;2*1-2/h3-6,12H,2H2,1H3;2*1-2H3. The summed E-state index contributed by atoms with van der Waals surface area (Å²) in [5, 5.41) is 0.736. The van der Waals surface area contributed by atoms with Crippen LogP contribution in [0.5, 0.6) is 0 Å². The molecule has 1 heterocycles. The predicted octanol–water partition coefficient (Wildman–Crippen LogP) is 4.92. The third-order valence-corrected chi connectivity index (χ3v) is 2.12. The summed E-state index contributed by atoms with van der Waals surface area (Å²) in [4.78, 5) is 3.04. The number of aromatic amines is 1. The van der Waals surface area contributed by atoms with Gasteiger partial charge in [0.15, 0.2) is 0 Å². The number of H-pyrrole nitrogens is 1. The van der Waals surface area contributed by atoms with Crippen molar-refractivity contribution in [3.05, 3.63) is 35.8 Å². The summed E-state index contributed by atoms with van der Waals surface area (Å²) < 4.78 is 13.2. The van der Waals surface area contributed by atoms with Crippen LogP contribution in [0.4, 0.5) is 4.39 Å². The van der Waals surface area contributed by atoms with E-state index in [0.717, 1.165) is 22.9 Å². The van der Waals surface area contributed by atoms with Crippen LogP contribution >= 0.6 is 0 Å². The van der Waals surface area contributed by atoms with Crippen LogP contribution in [0.1, 0.15) is 40.2 Å². The van der Waals surface area contributed by atoms with Crippen LogP contribution in [0, 0.1) is 5.82 Å². The van der Waals surface area contributed by atoms with E-state index in [9.17, 15) is 4.39 Å². The Balaban J connectivity index is 0.000000509. The molecule has 1 aromatic heterocycles. The Kier molecular flexibility index (Phi) is 7.27. The van der Waals surface area contributed by atoms with Crippen molar-refractivity contribution in [3.63, 3.8) is 0 Å². The Morgan fingerprint density at radius 3 is 2.31 bits per heavy atom. The fourth-order valence-corrected chi connectivity index (χ4v) is 1.49. The van der Waals surface area contributed by atoms with Gasteiger partial charge in [0.2, 0.25) is 0 Å². The first-order valence-corrected chi connectivity index (χ1v) is 6.07. The summed E-state index contributed by atoms with van der Waals surface area (Å²) in [5.41, 5.74) is 1.93. The normalized spacial score (nSPS) is 8.88. The first-order valence-electron chi connectivity index (χ1n) is 6.07. The van der Waals surface area contributed by atoms with Crippen molar-refractivity contribution < 1.29 is 4.39 Å². The van der Waals surface area contributed by atoms with E-state index in [-0.39, 0.29) is 5.82 Å². The third kappa shape index (κ3) is 3.09. The molecular formula is C14H22FN. The fourth-order valence-electron chi connectivity index (χ4n) is 1.49. The maximum absolute atomic E-state index is 13.2. The monoisotopic (exact) mass is 223 g/mol. The average Bonchev–Trinajstić information content (AvgIpc) is 2.79. The van der Waals surface area contributed by atoms with Crippen molar-refractivity contribution in [2.75, 3.05) is 0 Å². The van der Waals surface area contributed by atoms with Gasteiger partial charge < -0.3 is 4.98 Å². The van der Waals surface area contributed by atoms with Crippen molar-refractivity contribution in [1.82, 2.24) is 4.98 Å². The first kappa shape index (κ1) is 14.7. The molecule has 0 aliphatic carbocycles. The van der Waals surface area contributed by atoms with Gasteiger partial charge in [0.25, 0.3) is 0 Å². The molecule has 2 aromatic rings. The molecule has 2 heteroatoms. The van der Waals surface area contributed by atoms with Crippen LogP contribution in [0.15, 0.2) is 24.4 Å². The lowest BCUT2D eigenvalue weighted by atomic mass is 10.1. The molecule has 1 N–H and O–H groups in total. The van der Waals surface area contributed by atoms with Gasteiger partial charge in [-0.3, -0.25) is 0 Å². The quantitative estimate of drug-likeness (QED) is 0.706. The molecule has 0 radical (unpaired) electrons. The minimum Gasteiger partial charge on any atom is -0.361 e. The van der Waals surface area contributed by atoms with E-state index in [2.05, 4.69) is 4.98 Å². The molecule has 1 nitrogen and oxygen atoms in total. The number of aryl methyl sites for hydroxylation is 1. The molecular weight excluding hydrogens is 201 g/mol. The highest BCUT2D eigenvalue weighted by atomic mass is 19.1. The molecule has 0 saturated heterocycles. The molecule has 0 spiro atoms. The van der Waals surface area contributed by atoms with E-state index in [4.69, 9.17) is 0 Å². The summed E-state index contributed by atoms with van der Waals surface area (Å²) in [7, 11) is 0. The zero-order chi connectivity index (χ0) is 12.6. The summed E-state index contributed by atoms with van der Waals surface area (Å²) in [6, 6.07) is 5.10. The van der Waals surface area contributed by atoms with E-state index >= 15 is 0 Å². The number of aromatic nitrogens is 1. The number of hydrogen-bond acceptors (Lipinski definition) is 0. The van der Waals surface area contributed by atoms with E-state index in [0.29, 0.717) is 0 Å². The van der Waals surface area contributed by atoms with E-state index < -0.39 is 0 Å². The van der Waals surface area contributed by atoms with Crippen molar-refractivity contribution in [3.8, 4) is 0 Å². The first-order chi connectivity index (χ1) is 7.83. The fraction of sp³-hybridized carbons (Fsp3) is 0.429. The smallest absolute Gasteiger partial charge is 0.132 e. The molecule has 0 aliphatic rings. The van der Waals surface area contributed by atoms with Crippen LogP contribution in [0.25, 0.3) is 10.9 Å². The van der Waals surface area contributed by atoms with Gasteiger partial charge in [-0.25, -0.2) is 4.39 Å². The maximum atomic E-state index is 13.2. The lowest BCUT2D eigenvalue weighted by Crippen LogP contribution is -1.79. The molecule has 0 atom stereocenters. The highest BCUT2D eigenvalue weighted by Crippen LogP contribution is 2.21. The zero-order valence-electron chi connectivity index (χ0n) is 10.9. The molecule has 0 bridgehead atoms. The topological polar surface area (TPSA) is 15.8 Å². The Morgan fingerprint density at radius 1 is 1.12 bits per heavy atom. The van der Waals surface area contributed by atoms with Crippen LogP contribution in [-0.2, 0) is 6.42 Å². The van der Waals surface area contributed by atoms with Gasteiger partial charge >= 0.3 is 0 Å². The summed E-state index contributed by atoms with van der Waals surface area (Å²) in [6.07, 6.45) is 2.73. The maximum Gasteiger partial charge on any atom is 0.132 e. The molecule has 16 heavy (non-hydrogen) atoms. The number of fused-ring (bicyclic) bond motifs is 1. The van der Waals surface area contributed by atoms with Gasteiger partial charge in [-0.15, -0.1) is 0 Å². The predicted molar refractivity (Wildman–Crippen MR) is 70.3 cm³/mol. The van der Waals surface area contributed by atoms with Crippen LogP contribution in [0.2, 0.25) is 0 Å². The number of nitrogens with one attached hydrogen (secondary N) is 1. The largest absolute Gasteiger partial charge is 0.361 e. The molecule has 90 valence electrons. The number of benzene rings is 1. The average molecular weight is 223 g/mol. The van der Waals surface area contributed by atoms with Crippen LogP contribution in [-0.4, -0.2) is 4.98 Å². The second-order valence-electron chi connectivity index (χ2n) is 2.83. The van der Waals surface area contributed by atoms with Gasteiger partial charge in [-0.1, -0.05) is 40.7 Å². The van der Waals surface area contributed by atoms with Crippen molar-refractivity contribution >= 4 is 10.9 Å². The lowest BCUT2D eigenvalue weighted by molar-refractivity contribution is 0.639. The van der Waals surface area contributed by atoms with E-state index in [1.165, 1.54) is 6.07 Å². The van der Waals surface area contributed by atoms with Gasteiger partial charge in [0.1, 0.15) is 5.82 Å². The summed E-state index contributed by atoms with van der Waals surface area (Å²) in [6.45, 7) is 10.0. The van der Waals surface area contributed by atoms with Crippen LogP contribution < -0.4 is 0 Å². The SMILES string of the molecule is CC.CC.CCc1c[nH]c2cccc(F)c12. The van der Waals surface area contributed by atoms with Gasteiger partial charge in [-0.2, -0.15) is 0 Å². The van der Waals surface area contributed by atoms with Crippen molar-refractivity contribution in [1.29, 1.82) is 0 Å². The highest BCUT2D eigenvalue weighted by Gasteiger charge is 2.05. The van der Waals surface area contributed by atoms with Crippen molar-refractivity contribution in [2.45, 2.75) is 41.0 Å². The Hall–Kier alpha value is -1.31. The number of rotatable bonds is 1. The molecule has 0 amide bonds. The Morgan fingerprint density at radius 2 is 1.75 bits per heavy atom.